The molecule has 3 heterocycles. The maximum absolute atomic E-state index is 13.7. The molecular formula is C27H30FN5O2. The Balaban J connectivity index is 1.25. The summed E-state index contributed by atoms with van der Waals surface area (Å²) in [5, 5.41) is 7.51. The second-order valence-corrected chi connectivity index (χ2v) is 9.47. The second kappa shape index (κ2) is 10.00. The molecule has 0 saturated carbocycles. The summed E-state index contributed by atoms with van der Waals surface area (Å²) in [6.45, 7) is 3.99. The Morgan fingerprint density at radius 3 is 2.63 bits per heavy atom. The molecule has 5 rings (SSSR count). The predicted octanol–water partition coefficient (Wildman–Crippen LogP) is 3.93. The Kier molecular flexibility index (Phi) is 6.63. The van der Waals surface area contributed by atoms with Crippen molar-refractivity contribution in [1.82, 2.24) is 14.8 Å². The van der Waals surface area contributed by atoms with Crippen molar-refractivity contribution in [3.63, 3.8) is 0 Å². The summed E-state index contributed by atoms with van der Waals surface area (Å²) < 4.78 is 13.7. The molecule has 3 atom stereocenters. The van der Waals surface area contributed by atoms with Crippen LogP contribution in [-0.2, 0) is 4.79 Å². The van der Waals surface area contributed by atoms with Gasteiger partial charge < -0.3 is 15.5 Å². The average molecular weight is 476 g/mol. The Hall–Kier alpha value is -3.52. The minimum absolute atomic E-state index is 0.00598. The van der Waals surface area contributed by atoms with Gasteiger partial charge in [0, 0.05) is 54.4 Å². The number of nitrogens with one attached hydrogen (secondary N) is 2. The minimum atomic E-state index is -0.913. The van der Waals surface area contributed by atoms with Gasteiger partial charge in [-0.15, -0.1) is 0 Å². The first-order chi connectivity index (χ1) is 17.0. The molecule has 7 nitrogen and oxygen atoms in total. The average Bonchev–Trinajstić information content (AvgIpc) is 3.45. The van der Waals surface area contributed by atoms with Gasteiger partial charge in [0.1, 0.15) is 6.17 Å². The minimum Gasteiger partial charge on any atom is -0.380 e. The van der Waals surface area contributed by atoms with E-state index in [9.17, 15) is 14.0 Å². The van der Waals surface area contributed by atoms with E-state index in [1.54, 1.807) is 23.2 Å². The molecule has 1 aromatic heterocycles. The van der Waals surface area contributed by atoms with Crippen molar-refractivity contribution in [3.05, 3.63) is 66.4 Å². The fourth-order valence-corrected chi connectivity index (χ4v) is 5.09. The number of aromatic nitrogens is 1. The predicted molar refractivity (Wildman–Crippen MR) is 135 cm³/mol. The number of anilines is 2. The molecule has 0 aliphatic carbocycles. The zero-order chi connectivity index (χ0) is 24.4. The maximum atomic E-state index is 13.7. The Bertz CT molecular complexity index is 1220. The third kappa shape index (κ3) is 5.12. The number of carbonyl (C=O) groups excluding carboxylic acids is 2. The molecule has 2 aliphatic rings. The van der Waals surface area contributed by atoms with Crippen LogP contribution in [0.25, 0.3) is 10.9 Å². The number of halogens is 1. The number of alkyl halides is 1. The van der Waals surface area contributed by atoms with Crippen molar-refractivity contribution >= 4 is 34.1 Å². The van der Waals surface area contributed by atoms with E-state index in [4.69, 9.17) is 0 Å². The zero-order valence-electron chi connectivity index (χ0n) is 19.8. The number of pyridine rings is 1. The van der Waals surface area contributed by atoms with Gasteiger partial charge in [-0.05, 0) is 49.7 Å². The van der Waals surface area contributed by atoms with E-state index in [-0.39, 0.29) is 30.4 Å². The molecule has 8 heteroatoms. The molecule has 2 N–H and O–H groups in total. The number of rotatable bonds is 6. The number of amides is 2. The number of benzene rings is 2. The number of likely N-dealkylation sites (tertiary alicyclic amines) is 2. The summed E-state index contributed by atoms with van der Waals surface area (Å²) in [6.07, 6.45) is 2.14. The Labute approximate surface area is 204 Å². The molecule has 2 aliphatic heterocycles. The quantitative estimate of drug-likeness (QED) is 0.565. The highest BCUT2D eigenvalue weighted by molar-refractivity contribution is 6.10. The normalized spacial score (nSPS) is 22.5. The SMILES string of the molecule is C[C@@H]1C[C@H](F)CN1C(=O)CN1CC[C@H](Nc2ccc(NC(=O)c3ccccc3)c3ncccc23)C1. The van der Waals surface area contributed by atoms with E-state index in [1.165, 1.54) is 0 Å². The topological polar surface area (TPSA) is 77.6 Å². The van der Waals surface area contributed by atoms with Crippen LogP contribution >= 0.6 is 0 Å². The third-order valence-corrected chi connectivity index (χ3v) is 6.89. The number of fused-ring (bicyclic) bond motifs is 1. The molecule has 3 aromatic rings. The smallest absolute Gasteiger partial charge is 0.255 e. The summed E-state index contributed by atoms with van der Waals surface area (Å²) in [5.74, 6) is -0.174. The lowest BCUT2D eigenvalue weighted by Gasteiger charge is -2.24. The van der Waals surface area contributed by atoms with Gasteiger partial charge in [0.25, 0.3) is 5.91 Å². The van der Waals surface area contributed by atoms with E-state index in [0.717, 1.165) is 36.1 Å². The first-order valence-electron chi connectivity index (χ1n) is 12.1. The largest absolute Gasteiger partial charge is 0.380 e. The van der Waals surface area contributed by atoms with Crippen molar-refractivity contribution in [3.8, 4) is 0 Å². The lowest BCUT2D eigenvalue weighted by atomic mass is 10.1. The number of nitrogens with zero attached hydrogens (tertiary/aromatic N) is 3. The third-order valence-electron chi connectivity index (χ3n) is 6.89. The lowest BCUT2D eigenvalue weighted by Crippen LogP contribution is -2.42. The van der Waals surface area contributed by atoms with E-state index >= 15 is 0 Å². The Morgan fingerprint density at radius 2 is 1.86 bits per heavy atom. The molecule has 182 valence electrons. The van der Waals surface area contributed by atoms with E-state index in [1.807, 2.05) is 49.4 Å². The van der Waals surface area contributed by atoms with Crippen LogP contribution in [0, 0.1) is 0 Å². The van der Waals surface area contributed by atoms with Gasteiger partial charge in [0.2, 0.25) is 5.91 Å². The molecule has 2 aromatic carbocycles. The zero-order valence-corrected chi connectivity index (χ0v) is 19.8. The highest BCUT2D eigenvalue weighted by Crippen LogP contribution is 2.30. The van der Waals surface area contributed by atoms with Crippen molar-refractivity contribution < 1.29 is 14.0 Å². The van der Waals surface area contributed by atoms with Crippen LogP contribution in [-0.4, -0.2) is 71.0 Å². The van der Waals surface area contributed by atoms with Crippen molar-refractivity contribution in [2.75, 3.05) is 36.8 Å². The van der Waals surface area contributed by atoms with Gasteiger partial charge in [-0.25, -0.2) is 4.39 Å². The molecule has 0 radical (unpaired) electrons. The number of carbonyl (C=O) groups is 2. The molecule has 0 bridgehead atoms. The molecule has 35 heavy (non-hydrogen) atoms. The van der Waals surface area contributed by atoms with Crippen LogP contribution in [0.3, 0.4) is 0 Å². The maximum Gasteiger partial charge on any atom is 0.255 e. The van der Waals surface area contributed by atoms with Crippen molar-refractivity contribution in [1.29, 1.82) is 0 Å². The molecular weight excluding hydrogens is 445 g/mol. The van der Waals surface area contributed by atoms with E-state index in [2.05, 4.69) is 20.5 Å². The highest BCUT2D eigenvalue weighted by atomic mass is 19.1. The first-order valence-corrected chi connectivity index (χ1v) is 12.1. The molecule has 2 saturated heterocycles. The monoisotopic (exact) mass is 475 g/mol. The molecule has 2 fully saturated rings. The Morgan fingerprint density at radius 1 is 1.06 bits per heavy atom. The van der Waals surface area contributed by atoms with E-state index < -0.39 is 6.17 Å². The molecule has 0 spiro atoms. The fourth-order valence-electron chi connectivity index (χ4n) is 5.09. The van der Waals surface area contributed by atoms with Gasteiger partial charge in [-0.2, -0.15) is 0 Å². The van der Waals surface area contributed by atoms with Gasteiger partial charge in [-0.1, -0.05) is 18.2 Å². The van der Waals surface area contributed by atoms with Crippen LogP contribution in [0.2, 0.25) is 0 Å². The van der Waals surface area contributed by atoms with Crippen LogP contribution in [0.1, 0.15) is 30.1 Å². The van der Waals surface area contributed by atoms with Crippen molar-refractivity contribution in [2.24, 2.45) is 0 Å². The van der Waals surface area contributed by atoms with Gasteiger partial charge in [-0.3, -0.25) is 19.5 Å². The first kappa shape index (κ1) is 23.2. The van der Waals surface area contributed by atoms with Gasteiger partial charge in [0.05, 0.1) is 24.3 Å². The standard InChI is InChI=1S/C27H30FN5O2/c1-18-14-20(28)15-33(18)25(34)17-32-13-11-21(16-32)30-23-9-10-24(26-22(23)8-5-12-29-26)31-27(35)19-6-3-2-4-7-19/h2-10,12,18,20-21,30H,11,13-17H2,1H3,(H,31,35)/t18-,20+,21+/m1/s1. The lowest BCUT2D eigenvalue weighted by molar-refractivity contribution is -0.132. The summed E-state index contributed by atoms with van der Waals surface area (Å²) in [4.78, 5) is 33.7. The van der Waals surface area contributed by atoms with Crippen LogP contribution in [0.4, 0.5) is 15.8 Å². The van der Waals surface area contributed by atoms with Gasteiger partial charge >= 0.3 is 0 Å². The van der Waals surface area contributed by atoms with Crippen LogP contribution < -0.4 is 10.6 Å². The number of hydrogen-bond donors (Lipinski definition) is 2. The summed E-state index contributed by atoms with van der Waals surface area (Å²) >= 11 is 0. The number of hydrogen-bond acceptors (Lipinski definition) is 5. The second-order valence-electron chi connectivity index (χ2n) is 9.47. The van der Waals surface area contributed by atoms with Gasteiger partial charge in [0.15, 0.2) is 0 Å². The fraction of sp³-hybridized carbons (Fsp3) is 0.370. The summed E-state index contributed by atoms with van der Waals surface area (Å²) in [5.41, 5.74) is 2.90. The van der Waals surface area contributed by atoms with Crippen LogP contribution in [0.15, 0.2) is 60.8 Å². The highest BCUT2D eigenvalue weighted by Gasteiger charge is 2.34. The summed E-state index contributed by atoms with van der Waals surface area (Å²) in [6, 6.07) is 16.9. The molecule has 2 amide bonds. The molecule has 0 unspecified atom stereocenters. The van der Waals surface area contributed by atoms with Crippen molar-refractivity contribution in [2.45, 2.75) is 38.0 Å². The van der Waals surface area contributed by atoms with Crippen LogP contribution in [0.5, 0.6) is 0 Å². The van der Waals surface area contributed by atoms with E-state index in [0.29, 0.717) is 24.2 Å². The summed E-state index contributed by atoms with van der Waals surface area (Å²) in [7, 11) is 0.